The summed E-state index contributed by atoms with van der Waals surface area (Å²) in [6.45, 7) is 0. The van der Waals surface area contributed by atoms with Crippen LogP contribution in [-0.2, 0) is 12.8 Å². The van der Waals surface area contributed by atoms with Crippen LogP contribution in [0.3, 0.4) is 0 Å². The Balaban J connectivity index is 1.91. The Hall–Kier alpha value is -1.94. The number of fused-ring (bicyclic) bond motifs is 1. The maximum atomic E-state index is 4.49. The summed E-state index contributed by atoms with van der Waals surface area (Å²) in [5, 5.41) is 0. The van der Waals surface area contributed by atoms with Crippen LogP contribution in [0.1, 0.15) is 17.5 Å². The Morgan fingerprint density at radius 3 is 3.11 bits per heavy atom. The van der Waals surface area contributed by atoms with E-state index < -0.39 is 0 Å². The van der Waals surface area contributed by atoms with Gasteiger partial charge in [0.25, 0.3) is 0 Å². The molecule has 3 nitrogen and oxygen atoms in total. The van der Waals surface area contributed by atoms with Gasteiger partial charge >= 0.3 is 0 Å². The Kier molecular flexibility index (Phi) is 2.48. The van der Waals surface area contributed by atoms with Crippen LogP contribution < -0.4 is 0 Å². The van der Waals surface area contributed by atoms with Crippen molar-refractivity contribution in [3.05, 3.63) is 53.4 Å². The zero-order chi connectivity index (χ0) is 12.7. The molecule has 0 saturated carbocycles. The molecule has 19 heavy (non-hydrogen) atoms. The lowest BCUT2D eigenvalue weighted by atomic mass is 10.1. The number of aryl methyl sites for hydroxylation is 1. The topological polar surface area (TPSA) is 30.7 Å². The summed E-state index contributed by atoms with van der Waals surface area (Å²) in [6.07, 6.45) is 9.43. The van der Waals surface area contributed by atoms with Crippen LogP contribution in [0, 0.1) is 0 Å². The fourth-order valence-corrected chi connectivity index (χ4v) is 3.45. The predicted octanol–water partition coefficient (Wildman–Crippen LogP) is 3.48. The van der Waals surface area contributed by atoms with E-state index in [4.69, 9.17) is 0 Å². The molecule has 1 aliphatic rings. The second kappa shape index (κ2) is 4.31. The average Bonchev–Trinajstić information content (AvgIpc) is 3.18. The second-order valence-electron chi connectivity index (χ2n) is 4.75. The summed E-state index contributed by atoms with van der Waals surface area (Å²) < 4.78 is 2.19. The van der Waals surface area contributed by atoms with Crippen molar-refractivity contribution in [2.45, 2.75) is 19.3 Å². The van der Waals surface area contributed by atoms with Crippen molar-refractivity contribution in [2.24, 2.45) is 0 Å². The molecule has 0 bridgehead atoms. The monoisotopic (exact) mass is 267 g/mol. The number of thiazole rings is 1. The number of hydrogen-bond acceptors (Lipinski definition) is 3. The van der Waals surface area contributed by atoms with Crippen LogP contribution in [0.4, 0.5) is 0 Å². The number of nitrogens with zero attached hydrogens (tertiary/aromatic N) is 3. The molecule has 1 aliphatic carbocycles. The minimum Gasteiger partial charge on any atom is -0.299 e. The molecule has 0 unspecified atom stereocenters. The molecular weight excluding hydrogens is 254 g/mol. The highest BCUT2D eigenvalue weighted by molar-refractivity contribution is 7.13. The van der Waals surface area contributed by atoms with Gasteiger partial charge in [0, 0.05) is 18.6 Å². The first-order valence-corrected chi connectivity index (χ1v) is 7.35. The fraction of sp³-hybridized carbons (Fsp3) is 0.200. The lowest BCUT2D eigenvalue weighted by Gasteiger charge is -2.11. The van der Waals surface area contributed by atoms with Gasteiger partial charge in [-0.15, -0.1) is 11.3 Å². The first-order valence-electron chi connectivity index (χ1n) is 6.47. The van der Waals surface area contributed by atoms with E-state index in [9.17, 15) is 0 Å². The third-order valence-electron chi connectivity index (χ3n) is 3.67. The molecule has 94 valence electrons. The summed E-state index contributed by atoms with van der Waals surface area (Å²) in [5.41, 5.74) is 6.09. The van der Waals surface area contributed by atoms with Crippen molar-refractivity contribution in [1.29, 1.82) is 0 Å². The molecule has 2 heterocycles. The van der Waals surface area contributed by atoms with E-state index in [0.29, 0.717) is 0 Å². The molecule has 0 aliphatic heterocycles. The molecule has 4 heteroatoms. The molecule has 0 N–H and O–H groups in total. The molecule has 2 aromatic heterocycles. The lowest BCUT2D eigenvalue weighted by molar-refractivity contribution is 0.905. The van der Waals surface area contributed by atoms with Gasteiger partial charge in [-0.3, -0.25) is 9.55 Å². The van der Waals surface area contributed by atoms with Gasteiger partial charge < -0.3 is 0 Å². The number of hydrogen-bond donors (Lipinski definition) is 0. The third-order valence-corrected chi connectivity index (χ3v) is 4.44. The highest BCUT2D eigenvalue weighted by Gasteiger charge is 2.17. The molecule has 0 spiro atoms. The van der Waals surface area contributed by atoms with Crippen LogP contribution in [0.2, 0.25) is 0 Å². The highest BCUT2D eigenvalue weighted by atomic mass is 32.1. The van der Waals surface area contributed by atoms with Crippen molar-refractivity contribution in [2.75, 3.05) is 0 Å². The number of imidazole rings is 1. The smallest absolute Gasteiger partial charge is 0.156 e. The van der Waals surface area contributed by atoms with Crippen molar-refractivity contribution in [3.63, 3.8) is 0 Å². The van der Waals surface area contributed by atoms with Gasteiger partial charge in [0.05, 0.1) is 16.1 Å². The Labute approximate surface area is 115 Å². The zero-order valence-corrected chi connectivity index (χ0v) is 11.2. The van der Waals surface area contributed by atoms with E-state index in [1.54, 1.807) is 11.3 Å². The summed E-state index contributed by atoms with van der Waals surface area (Å²) in [7, 11) is 0. The molecule has 1 aromatic carbocycles. The Morgan fingerprint density at radius 2 is 2.21 bits per heavy atom. The number of rotatable bonds is 2. The molecule has 0 fully saturated rings. The van der Waals surface area contributed by atoms with Crippen LogP contribution in [0.25, 0.3) is 16.4 Å². The van der Waals surface area contributed by atoms with E-state index in [-0.39, 0.29) is 0 Å². The summed E-state index contributed by atoms with van der Waals surface area (Å²) in [6, 6.07) is 6.58. The minimum atomic E-state index is 0.989. The first kappa shape index (κ1) is 10.9. The molecule has 0 amide bonds. The van der Waals surface area contributed by atoms with Gasteiger partial charge in [0.1, 0.15) is 0 Å². The van der Waals surface area contributed by atoms with Crippen LogP contribution in [0.5, 0.6) is 0 Å². The zero-order valence-electron chi connectivity index (χ0n) is 10.4. The number of benzene rings is 1. The van der Waals surface area contributed by atoms with Crippen molar-refractivity contribution >= 4 is 11.3 Å². The normalized spacial score (nSPS) is 13.7. The first-order chi connectivity index (χ1) is 9.43. The Morgan fingerprint density at radius 1 is 1.21 bits per heavy atom. The van der Waals surface area contributed by atoms with Gasteiger partial charge in [-0.05, 0) is 36.5 Å². The van der Waals surface area contributed by atoms with Crippen LogP contribution in [-0.4, -0.2) is 14.5 Å². The van der Waals surface area contributed by atoms with Crippen molar-refractivity contribution in [1.82, 2.24) is 14.5 Å². The van der Waals surface area contributed by atoms with Gasteiger partial charge in [0.2, 0.25) is 0 Å². The van der Waals surface area contributed by atoms with Gasteiger partial charge in [-0.25, -0.2) is 4.98 Å². The van der Waals surface area contributed by atoms with E-state index in [0.717, 1.165) is 10.7 Å². The summed E-state index contributed by atoms with van der Waals surface area (Å²) >= 11 is 1.63. The summed E-state index contributed by atoms with van der Waals surface area (Å²) in [5.74, 6) is 0.989. The van der Waals surface area contributed by atoms with Crippen molar-refractivity contribution < 1.29 is 0 Å². The van der Waals surface area contributed by atoms with Gasteiger partial charge in [0.15, 0.2) is 5.82 Å². The maximum Gasteiger partial charge on any atom is 0.156 e. The van der Waals surface area contributed by atoms with Crippen molar-refractivity contribution in [3.8, 4) is 16.4 Å². The lowest BCUT2D eigenvalue weighted by Crippen LogP contribution is -2.00. The maximum absolute atomic E-state index is 4.49. The third kappa shape index (κ3) is 1.71. The standard InChI is InChI=1S/C15H13N3S/c1-3-11-4-2-6-13(12(11)5-1)18-8-7-17-15(18)14-9-16-10-19-14/h2,4,6-10H,1,3,5H2. The molecule has 0 atom stereocenters. The van der Waals surface area contributed by atoms with E-state index >= 15 is 0 Å². The SMILES string of the molecule is c1cc2c(c(-n3ccnc3-c3cncs3)c1)CCC2. The molecule has 0 saturated heterocycles. The summed E-state index contributed by atoms with van der Waals surface area (Å²) in [4.78, 5) is 9.76. The molecule has 3 aromatic rings. The molecular formula is C15H13N3S. The fourth-order valence-electron chi connectivity index (χ4n) is 2.83. The Bertz CT molecular complexity index is 713. The van der Waals surface area contributed by atoms with E-state index in [1.165, 1.54) is 36.1 Å². The molecule has 0 radical (unpaired) electrons. The number of aromatic nitrogens is 3. The largest absolute Gasteiger partial charge is 0.299 e. The second-order valence-corrected chi connectivity index (χ2v) is 5.64. The van der Waals surface area contributed by atoms with Gasteiger partial charge in [-0.1, -0.05) is 12.1 Å². The predicted molar refractivity (Wildman–Crippen MR) is 76.7 cm³/mol. The van der Waals surface area contributed by atoms with E-state index in [2.05, 4.69) is 32.7 Å². The quantitative estimate of drug-likeness (QED) is 0.711. The van der Waals surface area contributed by atoms with E-state index in [1.807, 2.05) is 24.1 Å². The average molecular weight is 267 g/mol. The highest BCUT2D eigenvalue weighted by Crippen LogP contribution is 2.31. The van der Waals surface area contributed by atoms with Crippen LogP contribution >= 0.6 is 11.3 Å². The van der Waals surface area contributed by atoms with Gasteiger partial charge in [-0.2, -0.15) is 0 Å². The molecule has 4 rings (SSSR count). The van der Waals surface area contributed by atoms with Crippen LogP contribution in [0.15, 0.2) is 42.3 Å². The minimum absolute atomic E-state index is 0.989.